The summed E-state index contributed by atoms with van der Waals surface area (Å²) < 4.78 is 0. The van der Waals surface area contributed by atoms with Crippen molar-refractivity contribution in [3.63, 3.8) is 0 Å². The Morgan fingerprint density at radius 2 is 2.33 bits per heavy atom. The van der Waals surface area contributed by atoms with E-state index in [2.05, 4.69) is 5.80 Å². The predicted octanol–water partition coefficient (Wildman–Crippen LogP) is 1.93. The second kappa shape index (κ2) is 3.67. The quantitative estimate of drug-likeness (QED) is 0.634. The zero-order valence-corrected chi connectivity index (χ0v) is 6.46. The summed E-state index contributed by atoms with van der Waals surface area (Å²) in [5, 5.41) is 10.1. The maximum absolute atomic E-state index is 8.95. The van der Waals surface area contributed by atoms with Gasteiger partial charge in [0, 0.05) is 0 Å². The van der Waals surface area contributed by atoms with E-state index in [1.165, 1.54) is 0 Å². The number of rotatable bonds is 1. The number of hydrogen-bond acceptors (Lipinski definition) is 2. The first-order valence-corrected chi connectivity index (χ1v) is 3.70. The van der Waals surface area contributed by atoms with Crippen LogP contribution in [0, 0.1) is 0 Å². The Kier molecular flexibility index (Phi) is 3.55. The monoisotopic (exact) mass is 145 g/mol. The zero-order valence-electron chi connectivity index (χ0n) is 5.46. The highest BCUT2D eigenvalue weighted by molar-refractivity contribution is 7.30. The van der Waals surface area contributed by atoms with Gasteiger partial charge in [0.2, 0.25) is 0 Å². The topological polar surface area (TPSA) is 55.2 Å². The van der Waals surface area contributed by atoms with Crippen LogP contribution in [0.1, 0.15) is 18.3 Å². The first-order chi connectivity index (χ1) is 3.80. The van der Waals surface area contributed by atoms with Gasteiger partial charge < -0.3 is 11.3 Å². The summed E-state index contributed by atoms with van der Waals surface area (Å²) in [5.74, 6) is 2.07. The van der Waals surface area contributed by atoms with Crippen molar-refractivity contribution in [2.45, 2.75) is 13.0 Å². The van der Waals surface area contributed by atoms with Crippen molar-refractivity contribution in [3.8, 4) is 0 Å². The fourth-order valence-corrected chi connectivity index (χ4v) is 1.42. The average Bonchev–Trinajstić information content (AvgIpc) is 2.12. The normalized spacial score (nSPS) is 13.1. The Morgan fingerprint density at radius 3 is 2.56 bits per heavy atom. The maximum atomic E-state index is 8.95. The van der Waals surface area contributed by atoms with Crippen LogP contribution in [0.5, 0.6) is 0 Å². The van der Waals surface area contributed by atoms with E-state index < -0.39 is 0 Å². The predicted molar refractivity (Wildman–Crippen MR) is 41.6 cm³/mol. The van der Waals surface area contributed by atoms with Gasteiger partial charge in [0.15, 0.2) is 0 Å². The lowest BCUT2D eigenvalue weighted by atomic mass is 10.3. The Labute approximate surface area is 56.6 Å². The van der Waals surface area contributed by atoms with E-state index >= 15 is 0 Å². The summed E-state index contributed by atoms with van der Waals surface area (Å²) in [4.78, 5) is 0. The van der Waals surface area contributed by atoms with Gasteiger partial charge in [0.25, 0.3) is 0 Å². The number of hydrogen-bond donors (Lipinski definition) is 2. The molecule has 0 radical (unpaired) electrons. The van der Waals surface area contributed by atoms with Crippen LogP contribution in [-0.4, -0.2) is 5.11 Å². The zero-order chi connectivity index (χ0) is 5.98. The summed E-state index contributed by atoms with van der Waals surface area (Å²) in [6.45, 7) is 1.80. The molecule has 1 aromatic heterocycles. The molecule has 2 nitrogen and oxygen atoms in total. The Balaban J connectivity index is 0.000000640. The molecule has 0 saturated heterocycles. The van der Waals surface area contributed by atoms with Gasteiger partial charge in [-0.25, -0.2) is 0 Å². The number of aliphatic hydroxyl groups is 1. The summed E-state index contributed by atoms with van der Waals surface area (Å²) in [6.07, 6.45) is -0.247. The van der Waals surface area contributed by atoms with Crippen LogP contribution in [0.15, 0.2) is 17.9 Å². The highest BCUT2D eigenvalue weighted by Gasteiger charge is 1.96. The van der Waals surface area contributed by atoms with Gasteiger partial charge in [-0.3, -0.25) is 0 Å². The standard InChI is InChI=1S/C6H9OP.H3N/c1-5(7)6-3-2-4-8-6;/h2-5,7-8H,1H3;1H3. The highest BCUT2D eigenvalue weighted by Crippen LogP contribution is 2.21. The molecule has 0 aliphatic carbocycles. The first-order valence-electron chi connectivity index (χ1n) is 2.62. The molecule has 52 valence electrons. The third-order valence-electron chi connectivity index (χ3n) is 1.07. The molecule has 0 aromatic carbocycles. The molecule has 4 N–H and O–H groups in total. The fraction of sp³-hybridized carbons (Fsp3) is 0.333. The van der Waals surface area contributed by atoms with Gasteiger partial charge in [0.1, 0.15) is 0 Å². The largest absolute Gasteiger partial charge is 0.388 e. The van der Waals surface area contributed by atoms with Crippen molar-refractivity contribution in [2.24, 2.45) is 0 Å². The Hall–Kier alpha value is -0.300. The van der Waals surface area contributed by atoms with Crippen LogP contribution in [0.4, 0.5) is 0 Å². The minimum absolute atomic E-state index is 0. The minimum atomic E-state index is -0.247. The van der Waals surface area contributed by atoms with Gasteiger partial charge >= 0.3 is 0 Å². The van der Waals surface area contributed by atoms with Gasteiger partial charge in [-0.1, -0.05) is 12.1 Å². The SMILES string of the molecule is CC(O)c1ccc[pH]1.N. The first kappa shape index (κ1) is 8.70. The van der Waals surface area contributed by atoms with Crippen molar-refractivity contribution in [3.05, 3.63) is 23.2 Å². The van der Waals surface area contributed by atoms with Gasteiger partial charge in [-0.2, -0.15) is 0 Å². The molecule has 0 spiro atoms. The van der Waals surface area contributed by atoms with Crippen molar-refractivity contribution < 1.29 is 5.11 Å². The smallest absolute Gasteiger partial charge is 0.0795 e. The Bertz CT molecular complexity index is 148. The molecule has 1 aromatic rings. The van der Waals surface area contributed by atoms with Gasteiger partial charge in [-0.15, -0.1) is 8.19 Å². The lowest BCUT2D eigenvalue weighted by Gasteiger charge is -1.96. The molecule has 2 atom stereocenters. The van der Waals surface area contributed by atoms with Gasteiger partial charge in [-0.05, 0) is 18.0 Å². The molecule has 0 fully saturated rings. The van der Waals surface area contributed by atoms with E-state index in [0.717, 1.165) is 5.30 Å². The molecule has 1 rings (SSSR count). The highest BCUT2D eigenvalue weighted by atomic mass is 31.0. The molecule has 0 aliphatic rings. The molecule has 2 unspecified atom stereocenters. The summed E-state index contributed by atoms with van der Waals surface area (Å²) >= 11 is 0. The second-order valence-corrected chi connectivity index (χ2v) is 3.00. The third kappa shape index (κ3) is 2.19. The number of aliphatic hydroxyl groups excluding tert-OH is 1. The van der Waals surface area contributed by atoms with E-state index in [1.54, 1.807) is 6.92 Å². The molecule has 1 heterocycles. The van der Waals surface area contributed by atoms with Crippen molar-refractivity contribution >= 4 is 8.19 Å². The molecule has 0 aliphatic heterocycles. The van der Waals surface area contributed by atoms with E-state index in [4.69, 9.17) is 5.11 Å². The van der Waals surface area contributed by atoms with Crippen LogP contribution < -0.4 is 6.15 Å². The summed E-state index contributed by atoms with van der Waals surface area (Å²) in [7, 11) is 0.711. The van der Waals surface area contributed by atoms with E-state index in [9.17, 15) is 0 Å². The summed E-state index contributed by atoms with van der Waals surface area (Å²) in [5.41, 5.74) is 0. The van der Waals surface area contributed by atoms with Crippen LogP contribution in [0.25, 0.3) is 0 Å². The molecule has 0 saturated carbocycles. The van der Waals surface area contributed by atoms with E-state index in [-0.39, 0.29) is 12.3 Å². The lowest BCUT2D eigenvalue weighted by molar-refractivity contribution is 0.203. The van der Waals surface area contributed by atoms with Crippen molar-refractivity contribution in [1.82, 2.24) is 6.15 Å². The molecular formula is C6H12NOP. The third-order valence-corrected chi connectivity index (χ3v) is 2.35. The van der Waals surface area contributed by atoms with Crippen LogP contribution in [0.3, 0.4) is 0 Å². The molecule has 3 heteroatoms. The van der Waals surface area contributed by atoms with Gasteiger partial charge in [0.05, 0.1) is 6.10 Å². The lowest BCUT2D eigenvalue weighted by Crippen LogP contribution is -1.82. The minimum Gasteiger partial charge on any atom is -0.388 e. The average molecular weight is 145 g/mol. The Morgan fingerprint density at radius 1 is 1.67 bits per heavy atom. The van der Waals surface area contributed by atoms with Crippen LogP contribution >= 0.6 is 8.19 Å². The maximum Gasteiger partial charge on any atom is 0.0795 e. The van der Waals surface area contributed by atoms with E-state index in [1.807, 2.05) is 12.1 Å². The second-order valence-electron chi connectivity index (χ2n) is 1.80. The van der Waals surface area contributed by atoms with Crippen molar-refractivity contribution in [2.75, 3.05) is 0 Å². The van der Waals surface area contributed by atoms with Crippen molar-refractivity contribution in [1.29, 1.82) is 0 Å². The van der Waals surface area contributed by atoms with Crippen LogP contribution in [0.2, 0.25) is 0 Å². The molecule has 0 amide bonds. The van der Waals surface area contributed by atoms with Crippen LogP contribution in [-0.2, 0) is 0 Å². The fourth-order valence-electron chi connectivity index (χ4n) is 0.604. The van der Waals surface area contributed by atoms with E-state index in [0.29, 0.717) is 8.19 Å². The molecular weight excluding hydrogens is 133 g/mol. The summed E-state index contributed by atoms with van der Waals surface area (Å²) in [6, 6.07) is 3.96. The molecule has 9 heavy (non-hydrogen) atoms. The molecule has 0 bridgehead atoms.